The molecule has 1 aromatic carbocycles. The summed E-state index contributed by atoms with van der Waals surface area (Å²) in [5, 5.41) is 11.8. The van der Waals surface area contributed by atoms with Crippen molar-refractivity contribution >= 4 is 11.9 Å². The topological polar surface area (TPSA) is 75.6 Å². The molecule has 33 heavy (non-hydrogen) atoms. The van der Waals surface area contributed by atoms with Gasteiger partial charge in [-0.25, -0.2) is 22.0 Å². The first kappa shape index (κ1) is 28.8. The van der Waals surface area contributed by atoms with E-state index in [0.29, 0.717) is 30.3 Å². The highest BCUT2D eigenvalue weighted by molar-refractivity contribution is 5.77. The molecule has 0 aliphatic rings. The van der Waals surface area contributed by atoms with Crippen LogP contribution in [0.1, 0.15) is 50.5 Å². The lowest BCUT2D eigenvalue weighted by molar-refractivity contribution is -0.871. The lowest BCUT2D eigenvalue weighted by Crippen LogP contribution is -2.49. The number of hydrogen-bond donors (Lipinski definition) is 2. The molecule has 0 aliphatic heterocycles. The van der Waals surface area contributed by atoms with Crippen LogP contribution in [0.3, 0.4) is 0 Å². The van der Waals surface area contributed by atoms with Crippen LogP contribution in [0, 0.1) is 29.1 Å². The van der Waals surface area contributed by atoms with Gasteiger partial charge in [0.2, 0.25) is 11.7 Å². The van der Waals surface area contributed by atoms with Crippen LogP contribution in [0.4, 0.5) is 22.0 Å². The van der Waals surface area contributed by atoms with Crippen molar-refractivity contribution in [3.05, 3.63) is 34.6 Å². The zero-order chi connectivity index (χ0) is 25.2. The van der Waals surface area contributed by atoms with E-state index in [1.165, 1.54) is 0 Å². The van der Waals surface area contributed by atoms with Crippen molar-refractivity contribution in [2.45, 2.75) is 57.6 Å². The summed E-state index contributed by atoms with van der Waals surface area (Å²) in [6, 6.07) is -0.454. The number of carboxylic acid groups (broad SMARTS) is 1. The van der Waals surface area contributed by atoms with Crippen LogP contribution in [-0.2, 0) is 20.9 Å². The highest BCUT2D eigenvalue weighted by Crippen LogP contribution is 2.23. The van der Waals surface area contributed by atoms with Gasteiger partial charge in [-0.2, -0.15) is 0 Å². The second kappa shape index (κ2) is 13.4. The minimum Gasteiger partial charge on any atom is -0.481 e. The molecule has 1 amide bonds. The molecule has 6 nitrogen and oxygen atoms in total. The average molecular weight is 483 g/mol. The number of amides is 1. The van der Waals surface area contributed by atoms with Crippen LogP contribution in [0.15, 0.2) is 0 Å². The number of halogens is 5. The Kier molecular flexibility index (Phi) is 11.7. The lowest BCUT2D eigenvalue weighted by Gasteiger charge is -2.29. The zero-order valence-electron chi connectivity index (χ0n) is 19.2. The van der Waals surface area contributed by atoms with Gasteiger partial charge in [0.05, 0.1) is 52.3 Å². The minimum atomic E-state index is -2.20. The summed E-state index contributed by atoms with van der Waals surface area (Å²) < 4.78 is 71.9. The smallest absolute Gasteiger partial charge is 0.305 e. The van der Waals surface area contributed by atoms with E-state index >= 15 is 0 Å². The largest absolute Gasteiger partial charge is 0.481 e. The number of carboxylic acids is 1. The number of carbonyl (C=O) groups excluding carboxylic acids is 1. The molecule has 0 heterocycles. The number of hydrogen-bond acceptors (Lipinski definition) is 3. The number of benzene rings is 1. The third-order valence-electron chi connectivity index (χ3n) is 4.79. The highest BCUT2D eigenvalue weighted by Gasteiger charge is 2.25. The number of rotatable bonds is 15. The fourth-order valence-corrected chi connectivity index (χ4v) is 3.30. The Morgan fingerprint density at radius 2 is 1.39 bits per heavy atom. The Bertz CT molecular complexity index is 786. The third kappa shape index (κ3) is 10.5. The summed E-state index contributed by atoms with van der Waals surface area (Å²) in [5.41, 5.74) is -0.996. The Morgan fingerprint density at radius 1 is 0.879 bits per heavy atom. The molecule has 11 heteroatoms. The van der Waals surface area contributed by atoms with Gasteiger partial charge in [0.25, 0.3) is 0 Å². The molecule has 0 spiro atoms. The van der Waals surface area contributed by atoms with E-state index in [1.54, 1.807) is 0 Å². The fraction of sp³-hybridized carbons (Fsp3) is 0.636. The van der Waals surface area contributed by atoms with Crippen molar-refractivity contribution in [2.75, 3.05) is 34.3 Å². The average Bonchev–Trinajstić information content (AvgIpc) is 2.69. The quantitative estimate of drug-likeness (QED) is 0.130. The zero-order valence-corrected chi connectivity index (χ0v) is 19.2. The molecule has 0 fully saturated rings. The van der Waals surface area contributed by atoms with Crippen molar-refractivity contribution in [1.82, 2.24) is 5.32 Å². The maximum absolute atomic E-state index is 13.5. The molecule has 2 N–H and O–H groups in total. The first-order valence-corrected chi connectivity index (χ1v) is 10.7. The van der Waals surface area contributed by atoms with Crippen molar-refractivity contribution in [3.8, 4) is 0 Å². The molecule has 1 rings (SSSR count). The maximum atomic E-state index is 13.5. The molecule has 1 atom stereocenters. The van der Waals surface area contributed by atoms with E-state index in [1.807, 2.05) is 21.1 Å². The van der Waals surface area contributed by atoms with E-state index in [-0.39, 0.29) is 25.4 Å². The summed E-state index contributed by atoms with van der Waals surface area (Å²) >= 11 is 0. The predicted molar refractivity (Wildman–Crippen MR) is 111 cm³/mol. The van der Waals surface area contributed by atoms with Crippen molar-refractivity contribution in [1.29, 1.82) is 0 Å². The number of carbonyl (C=O) groups is 2. The SMILES string of the molecule is C[N+](C)(C)C[C@@H](CC(=O)O)NC(=O)CCCCCCCOCc1c(F)c(F)c(F)c(F)c1F. The number of unbranched alkanes of at least 4 members (excludes halogenated alkanes) is 4. The van der Waals surface area contributed by atoms with E-state index in [2.05, 4.69) is 5.32 Å². The van der Waals surface area contributed by atoms with Crippen LogP contribution in [-0.4, -0.2) is 61.8 Å². The fourth-order valence-electron chi connectivity index (χ4n) is 3.30. The normalized spacial score (nSPS) is 12.6. The molecule has 0 unspecified atom stereocenters. The van der Waals surface area contributed by atoms with E-state index < -0.39 is 53.3 Å². The molecule has 1 aromatic rings. The number of likely N-dealkylation sites (N-methyl/N-ethyl adjacent to an activating group) is 1. The van der Waals surface area contributed by atoms with E-state index in [4.69, 9.17) is 9.84 Å². The van der Waals surface area contributed by atoms with Gasteiger partial charge in [-0.05, 0) is 12.8 Å². The van der Waals surface area contributed by atoms with Crippen LogP contribution < -0.4 is 5.32 Å². The minimum absolute atomic E-state index is 0.0852. The Balaban J connectivity index is 2.23. The van der Waals surface area contributed by atoms with E-state index in [9.17, 15) is 31.5 Å². The molecular weight excluding hydrogens is 451 g/mol. The van der Waals surface area contributed by atoms with Crippen LogP contribution >= 0.6 is 0 Å². The van der Waals surface area contributed by atoms with E-state index in [0.717, 1.165) is 12.8 Å². The second-order valence-electron chi connectivity index (χ2n) is 8.95. The van der Waals surface area contributed by atoms with Crippen molar-refractivity contribution in [2.24, 2.45) is 0 Å². The number of aliphatic carboxylic acids is 1. The molecule has 0 saturated carbocycles. The van der Waals surface area contributed by atoms with Crippen LogP contribution in [0.25, 0.3) is 0 Å². The summed E-state index contributed by atoms with van der Waals surface area (Å²) in [4.78, 5) is 23.1. The Morgan fingerprint density at radius 3 is 1.94 bits per heavy atom. The number of nitrogens with zero attached hydrogens (tertiary/aromatic N) is 1. The monoisotopic (exact) mass is 483 g/mol. The Hall–Kier alpha value is -2.27. The molecular formula is C22H32F5N2O4+. The van der Waals surface area contributed by atoms with Crippen molar-refractivity contribution < 1.29 is 45.9 Å². The summed E-state index contributed by atoms with van der Waals surface area (Å²) in [5.74, 6) is -11.2. The molecule has 0 radical (unpaired) electrons. The van der Waals surface area contributed by atoms with Gasteiger partial charge in [0.15, 0.2) is 23.3 Å². The second-order valence-corrected chi connectivity index (χ2v) is 8.95. The van der Waals surface area contributed by atoms with Gasteiger partial charge in [-0.1, -0.05) is 19.3 Å². The Labute approximate surface area is 190 Å². The summed E-state index contributed by atoms with van der Waals surface area (Å²) in [6.45, 7) is -0.151. The summed E-state index contributed by atoms with van der Waals surface area (Å²) in [7, 11) is 5.73. The summed E-state index contributed by atoms with van der Waals surface area (Å²) in [6.07, 6.45) is 3.45. The molecule has 0 saturated heterocycles. The predicted octanol–water partition coefficient (Wildman–Crippen LogP) is 3.91. The standard InChI is InChI=1S/C22H31F5N2O4/c1-29(2,3)12-14(11-17(31)32)28-16(30)9-7-5-4-6-8-10-33-13-15-18(23)20(25)22(27)21(26)19(15)24/h14H,4-13H2,1-3H3,(H-,28,30,31,32)/p+1/t14-/m1/s1. The maximum Gasteiger partial charge on any atom is 0.305 e. The van der Waals surface area contributed by atoms with Gasteiger partial charge < -0.3 is 19.6 Å². The molecule has 0 aromatic heterocycles. The van der Waals surface area contributed by atoms with Gasteiger partial charge in [0.1, 0.15) is 0 Å². The number of nitrogens with one attached hydrogen (secondary N) is 1. The first-order valence-electron chi connectivity index (χ1n) is 10.7. The van der Waals surface area contributed by atoms with Gasteiger partial charge >= 0.3 is 5.97 Å². The third-order valence-corrected chi connectivity index (χ3v) is 4.79. The molecule has 188 valence electrons. The lowest BCUT2D eigenvalue weighted by atomic mass is 10.1. The highest BCUT2D eigenvalue weighted by atomic mass is 19.2. The van der Waals surface area contributed by atoms with Crippen molar-refractivity contribution in [3.63, 3.8) is 0 Å². The van der Waals surface area contributed by atoms with Crippen LogP contribution in [0.2, 0.25) is 0 Å². The van der Waals surface area contributed by atoms with Gasteiger partial charge in [-0.3, -0.25) is 9.59 Å². The first-order chi connectivity index (χ1) is 15.3. The number of ether oxygens (including phenoxy) is 1. The van der Waals surface area contributed by atoms with Crippen LogP contribution in [0.5, 0.6) is 0 Å². The van der Waals surface area contributed by atoms with Gasteiger partial charge in [-0.15, -0.1) is 0 Å². The van der Waals surface area contributed by atoms with Gasteiger partial charge in [0, 0.05) is 13.0 Å². The molecule has 0 aliphatic carbocycles. The number of quaternary nitrogens is 1. The molecule has 0 bridgehead atoms.